The zero-order valence-corrected chi connectivity index (χ0v) is 16.7. The summed E-state index contributed by atoms with van der Waals surface area (Å²) < 4.78 is 6.34. The zero-order chi connectivity index (χ0) is 20.6. The normalized spacial score (nSPS) is 25.5. The van der Waals surface area contributed by atoms with Crippen LogP contribution in [0.2, 0.25) is 0 Å². The number of fused-ring (bicyclic) bond motifs is 2. The lowest BCUT2D eigenvalue weighted by Crippen LogP contribution is -2.43. The highest BCUT2D eigenvalue weighted by molar-refractivity contribution is 6.07. The minimum Gasteiger partial charge on any atom is -0.396 e. The molecule has 0 aromatic heterocycles. The van der Waals surface area contributed by atoms with E-state index in [2.05, 4.69) is 5.32 Å². The summed E-state index contributed by atoms with van der Waals surface area (Å²) in [5.41, 5.74) is 2.40. The van der Waals surface area contributed by atoms with Crippen LogP contribution in [-0.2, 0) is 26.5 Å². The van der Waals surface area contributed by atoms with Crippen LogP contribution in [-0.4, -0.2) is 29.6 Å². The number of carbonyl (C=O) groups excluding carboxylic acids is 2. The Balaban J connectivity index is 1.68. The molecule has 2 heterocycles. The SMILES string of the molecule is CC(=O)Nc1cccc(CN2C(=O)[C@]3(O[C@H](CCO)C[C@@H]3C)c3ccccc32)c1. The maximum absolute atomic E-state index is 13.7. The molecule has 2 aromatic carbocycles. The van der Waals surface area contributed by atoms with E-state index in [4.69, 9.17) is 4.74 Å². The fourth-order valence-electron chi connectivity index (χ4n) is 4.64. The summed E-state index contributed by atoms with van der Waals surface area (Å²) in [5, 5.41) is 12.1. The van der Waals surface area contributed by atoms with Crippen LogP contribution in [0.5, 0.6) is 0 Å². The second-order valence-corrected chi connectivity index (χ2v) is 7.91. The van der Waals surface area contributed by atoms with Gasteiger partial charge in [0.1, 0.15) is 0 Å². The molecule has 0 aliphatic carbocycles. The van der Waals surface area contributed by atoms with Crippen LogP contribution in [0.3, 0.4) is 0 Å². The van der Waals surface area contributed by atoms with Gasteiger partial charge in [-0.25, -0.2) is 0 Å². The molecule has 3 atom stereocenters. The third-order valence-electron chi connectivity index (χ3n) is 5.86. The summed E-state index contributed by atoms with van der Waals surface area (Å²) >= 11 is 0. The Hall–Kier alpha value is -2.70. The van der Waals surface area contributed by atoms with Crippen molar-refractivity contribution in [3.05, 3.63) is 59.7 Å². The van der Waals surface area contributed by atoms with Crippen molar-refractivity contribution in [2.45, 2.75) is 44.9 Å². The molecule has 0 bridgehead atoms. The van der Waals surface area contributed by atoms with Gasteiger partial charge < -0.3 is 20.1 Å². The third-order valence-corrected chi connectivity index (χ3v) is 5.86. The molecule has 2 aromatic rings. The van der Waals surface area contributed by atoms with Crippen LogP contribution in [0, 0.1) is 5.92 Å². The number of anilines is 2. The number of nitrogens with zero attached hydrogens (tertiary/aromatic N) is 1. The molecule has 1 fully saturated rings. The largest absolute Gasteiger partial charge is 0.396 e. The van der Waals surface area contributed by atoms with Crippen molar-refractivity contribution >= 4 is 23.2 Å². The molecule has 152 valence electrons. The number of aliphatic hydroxyl groups excluding tert-OH is 1. The number of nitrogens with one attached hydrogen (secondary N) is 1. The van der Waals surface area contributed by atoms with E-state index >= 15 is 0 Å². The summed E-state index contributed by atoms with van der Waals surface area (Å²) in [6, 6.07) is 15.3. The van der Waals surface area contributed by atoms with Crippen molar-refractivity contribution in [3.63, 3.8) is 0 Å². The molecule has 0 saturated carbocycles. The van der Waals surface area contributed by atoms with Gasteiger partial charge in [-0.2, -0.15) is 0 Å². The van der Waals surface area contributed by atoms with Crippen molar-refractivity contribution in [1.29, 1.82) is 0 Å². The Morgan fingerprint density at radius 3 is 2.83 bits per heavy atom. The van der Waals surface area contributed by atoms with Crippen molar-refractivity contribution in [3.8, 4) is 0 Å². The summed E-state index contributed by atoms with van der Waals surface area (Å²) in [6.07, 6.45) is 1.14. The molecule has 4 rings (SSSR count). The molecular weight excluding hydrogens is 368 g/mol. The molecule has 2 N–H and O–H groups in total. The number of rotatable bonds is 5. The average Bonchev–Trinajstić information content (AvgIpc) is 3.13. The molecule has 6 nitrogen and oxygen atoms in total. The quantitative estimate of drug-likeness (QED) is 0.816. The topological polar surface area (TPSA) is 78.9 Å². The number of amides is 2. The summed E-state index contributed by atoms with van der Waals surface area (Å²) in [7, 11) is 0. The number of aliphatic hydroxyl groups is 1. The molecule has 1 saturated heterocycles. The molecule has 29 heavy (non-hydrogen) atoms. The number of carbonyl (C=O) groups is 2. The lowest BCUT2D eigenvalue weighted by molar-refractivity contribution is -0.146. The minimum atomic E-state index is -0.994. The Kier molecular flexibility index (Phi) is 5.15. The lowest BCUT2D eigenvalue weighted by atomic mass is 9.83. The van der Waals surface area contributed by atoms with Gasteiger partial charge in [-0.3, -0.25) is 9.59 Å². The van der Waals surface area contributed by atoms with E-state index in [1.807, 2.05) is 55.5 Å². The van der Waals surface area contributed by atoms with Gasteiger partial charge >= 0.3 is 0 Å². The van der Waals surface area contributed by atoms with E-state index in [0.29, 0.717) is 18.7 Å². The monoisotopic (exact) mass is 394 g/mol. The van der Waals surface area contributed by atoms with E-state index in [9.17, 15) is 14.7 Å². The molecule has 0 radical (unpaired) electrons. The number of ether oxygens (including phenoxy) is 1. The van der Waals surface area contributed by atoms with Crippen molar-refractivity contribution in [1.82, 2.24) is 0 Å². The summed E-state index contributed by atoms with van der Waals surface area (Å²) in [6.45, 7) is 3.96. The molecule has 6 heteroatoms. The highest BCUT2D eigenvalue weighted by Gasteiger charge is 2.59. The lowest BCUT2D eigenvalue weighted by Gasteiger charge is -2.28. The van der Waals surface area contributed by atoms with Crippen LogP contribution >= 0.6 is 0 Å². The van der Waals surface area contributed by atoms with Gasteiger partial charge in [0.15, 0.2) is 5.60 Å². The maximum Gasteiger partial charge on any atom is 0.264 e. The Bertz CT molecular complexity index is 944. The number of hydrogen-bond donors (Lipinski definition) is 2. The Morgan fingerprint density at radius 1 is 1.28 bits per heavy atom. The first-order chi connectivity index (χ1) is 14.0. The number of benzene rings is 2. The standard InChI is InChI=1S/C23H26N2O4/c1-15-12-19(10-11-26)29-23(15)20-8-3-4-9-21(20)25(22(23)28)14-17-6-5-7-18(13-17)24-16(2)27/h3-9,13,15,19,26H,10-12,14H2,1-2H3,(H,24,27)/t15-,19+,23+/m0/s1. The van der Waals surface area contributed by atoms with Crippen LogP contribution in [0.15, 0.2) is 48.5 Å². The van der Waals surface area contributed by atoms with Crippen molar-refractivity contribution in [2.75, 3.05) is 16.8 Å². The number of para-hydroxylation sites is 1. The smallest absolute Gasteiger partial charge is 0.264 e. The third kappa shape index (κ3) is 3.32. The first kappa shape index (κ1) is 19.6. The average molecular weight is 394 g/mol. The molecule has 1 spiro atoms. The van der Waals surface area contributed by atoms with Gasteiger partial charge in [0.25, 0.3) is 5.91 Å². The maximum atomic E-state index is 13.7. The highest BCUT2D eigenvalue weighted by atomic mass is 16.5. The van der Waals surface area contributed by atoms with Gasteiger partial charge in [-0.05, 0) is 36.6 Å². The van der Waals surface area contributed by atoms with E-state index < -0.39 is 5.60 Å². The van der Waals surface area contributed by atoms with Crippen LogP contribution in [0.1, 0.15) is 37.8 Å². The predicted octanol–water partition coefficient (Wildman–Crippen LogP) is 3.19. The van der Waals surface area contributed by atoms with Crippen LogP contribution in [0.4, 0.5) is 11.4 Å². The molecule has 0 unspecified atom stereocenters. The number of hydrogen-bond acceptors (Lipinski definition) is 4. The van der Waals surface area contributed by atoms with E-state index in [1.54, 1.807) is 4.90 Å². The predicted molar refractivity (Wildman–Crippen MR) is 110 cm³/mol. The van der Waals surface area contributed by atoms with Gasteiger partial charge in [-0.1, -0.05) is 37.3 Å². The van der Waals surface area contributed by atoms with E-state index in [1.165, 1.54) is 6.92 Å². The Morgan fingerprint density at radius 2 is 2.07 bits per heavy atom. The summed E-state index contributed by atoms with van der Waals surface area (Å²) in [5.74, 6) is -0.174. The molecule has 2 aliphatic heterocycles. The van der Waals surface area contributed by atoms with Crippen LogP contribution in [0.25, 0.3) is 0 Å². The fraction of sp³-hybridized carbons (Fsp3) is 0.391. The van der Waals surface area contributed by atoms with Crippen LogP contribution < -0.4 is 10.2 Å². The minimum absolute atomic E-state index is 0.0170. The van der Waals surface area contributed by atoms with Crippen molar-refractivity contribution in [2.24, 2.45) is 5.92 Å². The van der Waals surface area contributed by atoms with Crippen molar-refractivity contribution < 1.29 is 19.4 Å². The van der Waals surface area contributed by atoms with Gasteiger partial charge in [0, 0.05) is 30.7 Å². The second kappa shape index (κ2) is 7.61. The first-order valence-corrected chi connectivity index (χ1v) is 10.0. The Labute approximate surface area is 170 Å². The van der Waals surface area contributed by atoms with Gasteiger partial charge in [-0.15, -0.1) is 0 Å². The molecule has 2 aliphatic rings. The van der Waals surface area contributed by atoms with E-state index in [-0.39, 0.29) is 30.4 Å². The van der Waals surface area contributed by atoms with Gasteiger partial charge in [0.05, 0.1) is 18.3 Å². The van der Waals surface area contributed by atoms with E-state index in [0.717, 1.165) is 23.2 Å². The first-order valence-electron chi connectivity index (χ1n) is 10.0. The molecular formula is C23H26N2O4. The second-order valence-electron chi connectivity index (χ2n) is 7.91. The molecule has 2 amide bonds. The summed E-state index contributed by atoms with van der Waals surface area (Å²) in [4.78, 5) is 26.8. The fourth-order valence-corrected chi connectivity index (χ4v) is 4.64. The zero-order valence-electron chi connectivity index (χ0n) is 16.7. The highest BCUT2D eigenvalue weighted by Crippen LogP contribution is 2.53. The van der Waals surface area contributed by atoms with Gasteiger partial charge in [0.2, 0.25) is 5.91 Å².